The molecular formula is C19H21NO2. The lowest BCUT2D eigenvalue weighted by Crippen LogP contribution is -2.33. The highest BCUT2D eigenvalue weighted by Gasteiger charge is 2.51. The van der Waals surface area contributed by atoms with Crippen molar-refractivity contribution in [3.05, 3.63) is 71.8 Å². The fraction of sp³-hybridized carbons (Fsp3) is 0.316. The quantitative estimate of drug-likeness (QED) is 0.812. The summed E-state index contributed by atoms with van der Waals surface area (Å²) in [5.41, 5.74) is 1.32. The van der Waals surface area contributed by atoms with Crippen LogP contribution >= 0.6 is 0 Å². The first-order valence-electron chi connectivity index (χ1n) is 7.60. The maximum absolute atomic E-state index is 12.8. The zero-order valence-corrected chi connectivity index (χ0v) is 13.0. The Labute approximate surface area is 131 Å². The summed E-state index contributed by atoms with van der Waals surface area (Å²) in [7, 11) is 4.00. The molecule has 1 atom stereocenters. The van der Waals surface area contributed by atoms with E-state index in [9.17, 15) is 4.79 Å². The Morgan fingerprint density at radius 1 is 1.00 bits per heavy atom. The van der Waals surface area contributed by atoms with Gasteiger partial charge in [0.15, 0.2) is 0 Å². The van der Waals surface area contributed by atoms with Crippen LogP contribution in [0.3, 0.4) is 0 Å². The monoisotopic (exact) mass is 295 g/mol. The summed E-state index contributed by atoms with van der Waals surface area (Å²) in [6, 6.07) is 19.9. The number of ether oxygens (including phenoxy) is 1. The summed E-state index contributed by atoms with van der Waals surface area (Å²) in [5, 5.41) is 0. The van der Waals surface area contributed by atoms with E-state index in [0.29, 0.717) is 6.42 Å². The van der Waals surface area contributed by atoms with E-state index in [1.807, 2.05) is 74.8 Å². The van der Waals surface area contributed by atoms with Crippen LogP contribution in [0, 0.1) is 0 Å². The zero-order valence-electron chi connectivity index (χ0n) is 13.0. The number of cyclic esters (lactones) is 1. The fourth-order valence-corrected chi connectivity index (χ4v) is 3.31. The summed E-state index contributed by atoms with van der Waals surface area (Å²) in [6.07, 6.45) is 0.598. The molecule has 0 spiro atoms. The Balaban J connectivity index is 2.07. The molecule has 3 nitrogen and oxygen atoms in total. The van der Waals surface area contributed by atoms with E-state index in [-0.39, 0.29) is 12.1 Å². The highest BCUT2D eigenvalue weighted by Crippen LogP contribution is 2.43. The van der Waals surface area contributed by atoms with Crippen molar-refractivity contribution in [1.29, 1.82) is 0 Å². The number of esters is 1. The van der Waals surface area contributed by atoms with Gasteiger partial charge in [-0.15, -0.1) is 0 Å². The first kappa shape index (κ1) is 14.8. The molecule has 114 valence electrons. The van der Waals surface area contributed by atoms with Crippen molar-refractivity contribution in [3.63, 3.8) is 0 Å². The number of benzene rings is 2. The van der Waals surface area contributed by atoms with Gasteiger partial charge in [0.1, 0.15) is 11.5 Å². The smallest absolute Gasteiger partial charge is 0.321 e. The van der Waals surface area contributed by atoms with Gasteiger partial charge in [0.25, 0.3) is 0 Å². The maximum Gasteiger partial charge on any atom is 0.321 e. The topological polar surface area (TPSA) is 29.5 Å². The molecule has 1 aliphatic rings. The van der Waals surface area contributed by atoms with E-state index in [2.05, 4.69) is 4.90 Å². The Kier molecular flexibility index (Phi) is 3.99. The average molecular weight is 295 g/mol. The van der Waals surface area contributed by atoms with Crippen molar-refractivity contribution in [1.82, 2.24) is 4.90 Å². The summed E-state index contributed by atoms with van der Waals surface area (Å²) >= 11 is 0. The van der Waals surface area contributed by atoms with E-state index in [1.165, 1.54) is 0 Å². The second-order valence-electron chi connectivity index (χ2n) is 6.13. The number of likely N-dealkylation sites (N-methyl/N-ethyl adjacent to an activating group) is 1. The molecular weight excluding hydrogens is 274 g/mol. The number of rotatable bonds is 4. The third-order valence-electron chi connectivity index (χ3n) is 4.26. The number of hydrogen-bond acceptors (Lipinski definition) is 3. The summed E-state index contributed by atoms with van der Waals surface area (Å²) < 4.78 is 5.72. The maximum atomic E-state index is 12.8. The Morgan fingerprint density at radius 3 is 1.95 bits per heavy atom. The van der Waals surface area contributed by atoms with Gasteiger partial charge in [-0.05, 0) is 25.2 Å². The van der Waals surface area contributed by atoms with Crippen molar-refractivity contribution in [2.75, 3.05) is 20.6 Å². The van der Waals surface area contributed by atoms with Gasteiger partial charge in [-0.3, -0.25) is 4.79 Å². The molecule has 0 N–H and O–H groups in total. The van der Waals surface area contributed by atoms with Crippen LogP contribution in [0.25, 0.3) is 0 Å². The Bertz CT molecular complexity index is 597. The minimum absolute atomic E-state index is 0.0806. The van der Waals surface area contributed by atoms with Gasteiger partial charge in [0, 0.05) is 13.0 Å². The van der Waals surface area contributed by atoms with E-state index in [0.717, 1.165) is 17.7 Å². The molecule has 0 aromatic heterocycles. The largest absolute Gasteiger partial charge is 0.460 e. The first-order chi connectivity index (χ1) is 10.6. The molecule has 0 bridgehead atoms. The molecule has 3 heteroatoms. The van der Waals surface area contributed by atoms with Crippen molar-refractivity contribution in [3.8, 4) is 0 Å². The third-order valence-corrected chi connectivity index (χ3v) is 4.26. The molecule has 3 rings (SSSR count). The molecule has 1 aliphatic heterocycles. The number of carbonyl (C=O) groups excluding carboxylic acids is 1. The van der Waals surface area contributed by atoms with E-state index >= 15 is 0 Å². The third kappa shape index (κ3) is 2.53. The molecule has 0 radical (unpaired) electrons. The van der Waals surface area contributed by atoms with Gasteiger partial charge in [-0.2, -0.15) is 0 Å². The predicted molar refractivity (Wildman–Crippen MR) is 86.7 cm³/mol. The minimum atomic E-state index is -0.691. The lowest BCUT2D eigenvalue weighted by Gasteiger charge is -2.26. The normalized spacial score (nSPS) is 20.1. The van der Waals surface area contributed by atoms with Gasteiger partial charge >= 0.3 is 5.97 Å². The van der Waals surface area contributed by atoms with Gasteiger partial charge < -0.3 is 9.64 Å². The molecule has 1 saturated heterocycles. The standard InChI is InChI=1S/C19H21NO2/c1-20(2)14-17-13-19(18(21)22-17,15-9-5-3-6-10-15)16-11-7-4-8-12-16/h3-12,17H,13-14H2,1-2H3/t17-/m1/s1. The summed E-state index contributed by atoms with van der Waals surface area (Å²) in [5.74, 6) is -0.142. The number of nitrogens with zero attached hydrogens (tertiary/aromatic N) is 1. The van der Waals surface area contributed by atoms with Crippen LogP contribution < -0.4 is 0 Å². The lowest BCUT2D eigenvalue weighted by molar-refractivity contribution is -0.144. The Hall–Kier alpha value is -2.13. The van der Waals surface area contributed by atoms with Gasteiger partial charge in [0.2, 0.25) is 0 Å². The predicted octanol–water partition coefficient (Wildman–Crippen LogP) is 2.85. The molecule has 2 aromatic rings. The SMILES string of the molecule is CN(C)C[C@H]1CC(c2ccccc2)(c2ccccc2)C(=O)O1. The molecule has 1 heterocycles. The molecule has 2 aromatic carbocycles. The van der Waals surface area contributed by atoms with Crippen LogP contribution in [0.4, 0.5) is 0 Å². The number of hydrogen-bond donors (Lipinski definition) is 0. The van der Waals surface area contributed by atoms with Crippen LogP contribution in [0.2, 0.25) is 0 Å². The fourth-order valence-electron chi connectivity index (χ4n) is 3.31. The molecule has 1 fully saturated rings. The second-order valence-corrected chi connectivity index (χ2v) is 6.13. The minimum Gasteiger partial charge on any atom is -0.460 e. The lowest BCUT2D eigenvalue weighted by atomic mass is 9.72. The average Bonchev–Trinajstić information content (AvgIpc) is 2.85. The van der Waals surface area contributed by atoms with Crippen molar-refractivity contribution < 1.29 is 9.53 Å². The molecule has 0 unspecified atom stereocenters. The highest BCUT2D eigenvalue weighted by atomic mass is 16.6. The van der Waals surface area contributed by atoms with Crippen LogP contribution in [0.5, 0.6) is 0 Å². The second kappa shape index (κ2) is 5.93. The molecule has 0 amide bonds. The van der Waals surface area contributed by atoms with Crippen LogP contribution in [0.1, 0.15) is 17.5 Å². The number of carbonyl (C=O) groups is 1. The summed E-state index contributed by atoms with van der Waals surface area (Å²) in [4.78, 5) is 14.9. The van der Waals surface area contributed by atoms with E-state index < -0.39 is 5.41 Å². The highest BCUT2D eigenvalue weighted by molar-refractivity contribution is 5.89. The van der Waals surface area contributed by atoms with Crippen molar-refractivity contribution in [2.24, 2.45) is 0 Å². The molecule has 0 aliphatic carbocycles. The first-order valence-corrected chi connectivity index (χ1v) is 7.60. The zero-order chi connectivity index (χ0) is 15.6. The van der Waals surface area contributed by atoms with Crippen LogP contribution in [-0.4, -0.2) is 37.6 Å². The molecule has 22 heavy (non-hydrogen) atoms. The Morgan fingerprint density at radius 2 is 1.50 bits per heavy atom. The summed E-state index contributed by atoms with van der Waals surface area (Å²) in [6.45, 7) is 0.743. The van der Waals surface area contributed by atoms with Crippen LogP contribution in [-0.2, 0) is 14.9 Å². The van der Waals surface area contributed by atoms with Crippen molar-refractivity contribution >= 4 is 5.97 Å². The van der Waals surface area contributed by atoms with E-state index in [4.69, 9.17) is 4.74 Å². The molecule has 0 saturated carbocycles. The van der Waals surface area contributed by atoms with Gasteiger partial charge in [-0.1, -0.05) is 60.7 Å². The van der Waals surface area contributed by atoms with Gasteiger partial charge in [0.05, 0.1) is 0 Å². The van der Waals surface area contributed by atoms with Crippen LogP contribution in [0.15, 0.2) is 60.7 Å². The van der Waals surface area contributed by atoms with E-state index in [1.54, 1.807) is 0 Å². The van der Waals surface area contributed by atoms with Gasteiger partial charge in [-0.25, -0.2) is 0 Å². The van der Waals surface area contributed by atoms with Crippen molar-refractivity contribution in [2.45, 2.75) is 17.9 Å².